The molecule has 3 aromatic rings. The molecule has 0 atom stereocenters. The van der Waals surface area contributed by atoms with E-state index in [0.29, 0.717) is 18.0 Å². The zero-order valence-corrected chi connectivity index (χ0v) is 22.3. The first-order valence-corrected chi connectivity index (χ1v) is 12.5. The zero-order chi connectivity index (χ0) is 28.4. The summed E-state index contributed by atoms with van der Waals surface area (Å²) < 4.78 is 22.2. The standard InChI is InChI=1S/C28H27FN8O3/c1-28(2,3)24-14-25(37(36-24)17-5-7-21-16(11-17)15-32-35-21)34-27(39)33-22-8-6-18(12-20(22)29)40-19-9-10-31-23(13-19)26(38)30-4/h5-6,8-15H,7H2,1-4H3,(H,30,38)(H2,33,34,39). The highest BCUT2D eigenvalue weighted by Gasteiger charge is 2.24. The highest BCUT2D eigenvalue weighted by molar-refractivity contribution is 6.21. The molecule has 1 aromatic carbocycles. The number of pyridine rings is 1. The molecule has 40 heavy (non-hydrogen) atoms. The molecule has 12 heteroatoms. The van der Waals surface area contributed by atoms with Gasteiger partial charge in [0.25, 0.3) is 5.91 Å². The lowest BCUT2D eigenvalue weighted by Gasteiger charge is -2.15. The quantitative estimate of drug-likeness (QED) is 0.397. The molecule has 3 N–H and O–H groups in total. The number of ether oxygens (including phenoxy) is 1. The number of carbonyl (C=O) groups excluding carboxylic acids is 2. The number of fused-ring (bicyclic) bond motifs is 1. The van der Waals surface area contributed by atoms with Crippen molar-refractivity contribution in [1.82, 2.24) is 20.1 Å². The number of nitrogens with zero attached hydrogens (tertiary/aromatic N) is 5. The fourth-order valence-electron chi connectivity index (χ4n) is 3.97. The lowest BCUT2D eigenvalue weighted by molar-refractivity contribution is 0.0957. The topological polar surface area (TPSA) is 135 Å². The second-order valence-electron chi connectivity index (χ2n) is 10.1. The average molecular weight is 543 g/mol. The van der Waals surface area contributed by atoms with E-state index in [1.807, 2.05) is 32.9 Å². The molecule has 0 spiro atoms. The van der Waals surface area contributed by atoms with Crippen LogP contribution in [0.1, 0.15) is 43.4 Å². The summed E-state index contributed by atoms with van der Waals surface area (Å²) in [5.74, 6) is -0.166. The number of aromatic nitrogens is 3. The first kappa shape index (κ1) is 26.5. The number of amides is 3. The Labute approximate surface area is 229 Å². The summed E-state index contributed by atoms with van der Waals surface area (Å²) in [6.07, 6.45) is 7.55. The molecule has 3 amide bonds. The third-order valence-corrected chi connectivity index (χ3v) is 6.10. The van der Waals surface area contributed by atoms with Gasteiger partial charge in [-0.1, -0.05) is 26.8 Å². The van der Waals surface area contributed by atoms with Gasteiger partial charge in [0.15, 0.2) is 0 Å². The van der Waals surface area contributed by atoms with E-state index in [2.05, 4.69) is 31.1 Å². The van der Waals surface area contributed by atoms with Crippen molar-refractivity contribution in [3.63, 3.8) is 0 Å². The van der Waals surface area contributed by atoms with Crippen LogP contribution < -0.4 is 20.7 Å². The fraction of sp³-hybridized carbons (Fsp3) is 0.214. The minimum absolute atomic E-state index is 0.0465. The molecule has 2 aliphatic rings. The second-order valence-corrected chi connectivity index (χ2v) is 10.1. The van der Waals surface area contributed by atoms with Gasteiger partial charge in [0, 0.05) is 48.9 Å². The summed E-state index contributed by atoms with van der Waals surface area (Å²) in [5.41, 5.74) is 3.13. The molecular formula is C28H27FN8O3. The number of rotatable bonds is 6. The summed E-state index contributed by atoms with van der Waals surface area (Å²) >= 11 is 0. The Bertz CT molecular complexity index is 1630. The summed E-state index contributed by atoms with van der Waals surface area (Å²) in [6.45, 7) is 6.07. The summed E-state index contributed by atoms with van der Waals surface area (Å²) in [6, 6.07) is 8.16. The number of hydrogen-bond donors (Lipinski definition) is 3. The zero-order valence-electron chi connectivity index (χ0n) is 22.3. The molecule has 5 rings (SSSR count). The molecule has 0 fully saturated rings. The lowest BCUT2D eigenvalue weighted by atomic mass is 9.92. The Balaban J connectivity index is 1.32. The number of benzene rings is 1. The molecule has 204 valence electrons. The van der Waals surface area contributed by atoms with E-state index >= 15 is 0 Å². The third kappa shape index (κ3) is 5.65. The van der Waals surface area contributed by atoms with Crippen molar-refractivity contribution < 1.29 is 18.7 Å². The van der Waals surface area contributed by atoms with Crippen LogP contribution in [0.15, 0.2) is 70.5 Å². The Morgan fingerprint density at radius 1 is 1.07 bits per heavy atom. The van der Waals surface area contributed by atoms with Crippen LogP contribution in [0.25, 0.3) is 5.70 Å². The van der Waals surface area contributed by atoms with Gasteiger partial charge in [-0.15, -0.1) is 0 Å². The van der Waals surface area contributed by atoms with Gasteiger partial charge in [0.05, 0.1) is 29.0 Å². The number of urea groups is 1. The van der Waals surface area contributed by atoms with E-state index in [1.54, 1.807) is 23.0 Å². The van der Waals surface area contributed by atoms with Gasteiger partial charge in [0.1, 0.15) is 28.8 Å². The van der Waals surface area contributed by atoms with Crippen molar-refractivity contribution in [2.45, 2.75) is 32.6 Å². The number of nitrogens with one attached hydrogen (secondary N) is 3. The number of allylic oxidation sites excluding steroid dienone is 4. The van der Waals surface area contributed by atoms with Crippen molar-refractivity contribution in [1.29, 1.82) is 0 Å². The van der Waals surface area contributed by atoms with Crippen LogP contribution in [0.4, 0.5) is 20.7 Å². The number of carbonyl (C=O) groups is 2. The molecule has 11 nitrogen and oxygen atoms in total. The van der Waals surface area contributed by atoms with Crippen molar-refractivity contribution in [3.05, 3.63) is 77.5 Å². The number of anilines is 2. The molecule has 0 saturated heterocycles. The SMILES string of the molecule is CNC(=O)c1cc(Oc2ccc(NC(=O)Nc3cc(C(C)(C)C)nn3C3=CCC4=NN=CC4=C3)c(F)c2)ccn1. The van der Waals surface area contributed by atoms with E-state index in [0.717, 1.165) is 28.7 Å². The lowest BCUT2D eigenvalue weighted by Crippen LogP contribution is -2.22. The maximum atomic E-state index is 14.9. The van der Waals surface area contributed by atoms with Crippen LogP contribution in [0.5, 0.6) is 11.5 Å². The van der Waals surface area contributed by atoms with Crippen LogP contribution in [0.3, 0.4) is 0 Å². The number of halogens is 1. The molecule has 1 aliphatic carbocycles. The monoisotopic (exact) mass is 542 g/mol. The van der Waals surface area contributed by atoms with Crippen LogP contribution in [0, 0.1) is 5.82 Å². The maximum absolute atomic E-state index is 14.9. The van der Waals surface area contributed by atoms with Crippen LogP contribution in [0.2, 0.25) is 0 Å². The van der Waals surface area contributed by atoms with Gasteiger partial charge < -0.3 is 15.4 Å². The van der Waals surface area contributed by atoms with E-state index < -0.39 is 11.8 Å². The smallest absolute Gasteiger partial charge is 0.324 e. The van der Waals surface area contributed by atoms with Crippen molar-refractivity contribution in [3.8, 4) is 11.5 Å². The van der Waals surface area contributed by atoms with Gasteiger partial charge in [-0.2, -0.15) is 15.3 Å². The predicted octanol–water partition coefficient (Wildman–Crippen LogP) is 5.12. The summed E-state index contributed by atoms with van der Waals surface area (Å²) in [5, 5.41) is 20.6. The largest absolute Gasteiger partial charge is 0.457 e. The highest BCUT2D eigenvalue weighted by Crippen LogP contribution is 2.30. The Hall–Kier alpha value is -5.13. The summed E-state index contributed by atoms with van der Waals surface area (Å²) in [7, 11) is 1.49. The van der Waals surface area contributed by atoms with Crippen molar-refractivity contribution in [2.75, 3.05) is 17.7 Å². The molecule has 3 heterocycles. The molecule has 0 unspecified atom stereocenters. The first-order chi connectivity index (χ1) is 19.1. The first-order valence-electron chi connectivity index (χ1n) is 12.5. The Morgan fingerprint density at radius 3 is 2.62 bits per heavy atom. The Morgan fingerprint density at radius 2 is 1.88 bits per heavy atom. The van der Waals surface area contributed by atoms with Crippen LogP contribution in [-0.2, 0) is 5.41 Å². The highest BCUT2D eigenvalue weighted by atomic mass is 19.1. The Kier molecular flexibility index (Phi) is 6.99. The molecular weight excluding hydrogens is 515 g/mol. The normalized spacial score (nSPS) is 14.1. The van der Waals surface area contributed by atoms with Gasteiger partial charge in [-0.05, 0) is 24.3 Å². The van der Waals surface area contributed by atoms with Gasteiger partial charge in [0.2, 0.25) is 0 Å². The molecule has 0 saturated carbocycles. The molecule has 0 bridgehead atoms. The van der Waals surface area contributed by atoms with Crippen LogP contribution in [-0.4, -0.2) is 45.7 Å². The van der Waals surface area contributed by atoms with Gasteiger partial charge >= 0.3 is 6.03 Å². The maximum Gasteiger partial charge on any atom is 0.324 e. The van der Waals surface area contributed by atoms with Crippen LogP contribution >= 0.6 is 0 Å². The van der Waals surface area contributed by atoms with Gasteiger partial charge in [-0.3, -0.25) is 15.1 Å². The fourth-order valence-corrected chi connectivity index (χ4v) is 3.97. The predicted molar refractivity (Wildman–Crippen MR) is 151 cm³/mol. The van der Waals surface area contributed by atoms with Gasteiger partial charge in [-0.25, -0.2) is 13.9 Å². The van der Waals surface area contributed by atoms with E-state index in [9.17, 15) is 14.0 Å². The van der Waals surface area contributed by atoms with Crippen molar-refractivity contribution in [2.24, 2.45) is 10.2 Å². The van der Waals surface area contributed by atoms with E-state index in [-0.39, 0.29) is 28.5 Å². The number of hydrogen-bond acceptors (Lipinski definition) is 7. The second kappa shape index (κ2) is 10.6. The van der Waals surface area contributed by atoms with Crippen molar-refractivity contribution >= 4 is 41.1 Å². The average Bonchev–Trinajstić information content (AvgIpc) is 3.56. The molecule has 1 aliphatic heterocycles. The van der Waals surface area contributed by atoms with E-state index in [1.165, 1.54) is 31.4 Å². The molecule has 2 aromatic heterocycles. The minimum Gasteiger partial charge on any atom is -0.457 e. The van der Waals surface area contributed by atoms with E-state index in [4.69, 9.17) is 9.84 Å². The molecule has 0 radical (unpaired) electrons. The third-order valence-electron chi connectivity index (χ3n) is 6.10. The summed E-state index contributed by atoms with van der Waals surface area (Å²) in [4.78, 5) is 28.7. The minimum atomic E-state index is -0.704.